The highest BCUT2D eigenvalue weighted by molar-refractivity contribution is 6.30. The summed E-state index contributed by atoms with van der Waals surface area (Å²) in [7, 11) is 0. The van der Waals surface area contributed by atoms with Crippen LogP contribution in [0.15, 0.2) is 78.9 Å². The molecule has 3 aromatic carbocycles. The quantitative estimate of drug-likeness (QED) is 0.476. The topological polar surface area (TPSA) is 52.7 Å². The summed E-state index contributed by atoms with van der Waals surface area (Å²) in [5, 5.41) is 3.97. The number of piperidine rings is 1. The van der Waals surface area contributed by atoms with Gasteiger partial charge in [0.05, 0.1) is 0 Å². The minimum absolute atomic E-state index is 0.0593. The highest BCUT2D eigenvalue weighted by Gasteiger charge is 2.36. The van der Waals surface area contributed by atoms with Crippen molar-refractivity contribution in [2.45, 2.75) is 38.4 Å². The average Bonchev–Trinajstić information content (AvgIpc) is 3.23. The number of amides is 2. The molecular weight excluding hydrogens is 470 g/mol. The van der Waals surface area contributed by atoms with Gasteiger partial charge in [-0.25, -0.2) is 0 Å². The lowest BCUT2D eigenvalue weighted by atomic mass is 9.96. The Morgan fingerprint density at radius 1 is 0.944 bits per heavy atom. The molecule has 2 heterocycles. The smallest absolute Gasteiger partial charge is 0.255 e. The molecule has 6 heteroatoms. The van der Waals surface area contributed by atoms with Crippen LogP contribution in [0.5, 0.6) is 0 Å². The van der Waals surface area contributed by atoms with Crippen LogP contribution in [0.25, 0.3) is 0 Å². The number of nitrogens with zero attached hydrogens (tertiary/aromatic N) is 2. The molecule has 1 fully saturated rings. The Hall–Kier alpha value is -3.15. The molecule has 2 aliphatic rings. The summed E-state index contributed by atoms with van der Waals surface area (Å²) in [6.07, 6.45) is 2.58. The van der Waals surface area contributed by atoms with Crippen LogP contribution in [0.3, 0.4) is 0 Å². The van der Waals surface area contributed by atoms with E-state index in [0.29, 0.717) is 31.0 Å². The van der Waals surface area contributed by atoms with Crippen LogP contribution in [-0.4, -0.2) is 47.3 Å². The number of carbonyl (C=O) groups excluding carboxylic acids is 2. The van der Waals surface area contributed by atoms with E-state index in [0.717, 1.165) is 48.6 Å². The van der Waals surface area contributed by atoms with Gasteiger partial charge >= 0.3 is 0 Å². The number of likely N-dealkylation sites (tertiary alicyclic amines) is 1. The van der Waals surface area contributed by atoms with Crippen LogP contribution >= 0.6 is 11.6 Å². The van der Waals surface area contributed by atoms with Crippen molar-refractivity contribution in [3.05, 3.63) is 106 Å². The maximum atomic E-state index is 13.5. The molecule has 5 nitrogen and oxygen atoms in total. The fraction of sp³-hybridized carbons (Fsp3) is 0.333. The maximum Gasteiger partial charge on any atom is 0.255 e. The molecule has 1 unspecified atom stereocenters. The maximum absolute atomic E-state index is 13.5. The fourth-order valence-corrected chi connectivity index (χ4v) is 5.53. The summed E-state index contributed by atoms with van der Waals surface area (Å²) in [4.78, 5) is 30.8. The van der Waals surface area contributed by atoms with Crippen molar-refractivity contribution in [1.29, 1.82) is 0 Å². The molecule has 1 N–H and O–H groups in total. The summed E-state index contributed by atoms with van der Waals surface area (Å²) in [6.45, 7) is 4.02. The van der Waals surface area contributed by atoms with E-state index < -0.39 is 6.04 Å². The minimum Gasteiger partial charge on any atom is -0.354 e. The van der Waals surface area contributed by atoms with Gasteiger partial charge in [-0.05, 0) is 66.7 Å². The monoisotopic (exact) mass is 501 g/mol. The third-order valence-corrected chi connectivity index (χ3v) is 7.60. The number of hydrogen-bond acceptors (Lipinski definition) is 3. The lowest BCUT2D eigenvalue weighted by molar-refractivity contribution is -0.126. The van der Waals surface area contributed by atoms with E-state index in [4.69, 9.17) is 11.6 Å². The Balaban J connectivity index is 1.19. The largest absolute Gasteiger partial charge is 0.354 e. The van der Waals surface area contributed by atoms with Gasteiger partial charge in [-0.3, -0.25) is 14.5 Å². The van der Waals surface area contributed by atoms with Crippen LogP contribution in [0.2, 0.25) is 5.02 Å². The van der Waals surface area contributed by atoms with Crippen LogP contribution in [0.1, 0.15) is 39.9 Å². The van der Waals surface area contributed by atoms with Crippen molar-refractivity contribution in [2.24, 2.45) is 5.92 Å². The number of carbonyl (C=O) groups is 2. The first-order valence-corrected chi connectivity index (χ1v) is 13.1. The van der Waals surface area contributed by atoms with Crippen molar-refractivity contribution in [3.8, 4) is 0 Å². The molecule has 0 spiro atoms. The van der Waals surface area contributed by atoms with Gasteiger partial charge in [0, 0.05) is 36.6 Å². The number of hydrogen-bond donors (Lipinski definition) is 1. The number of fused-ring (bicyclic) bond motifs is 1. The molecule has 0 radical (unpaired) electrons. The summed E-state index contributed by atoms with van der Waals surface area (Å²) in [6, 6.07) is 25.1. The number of nitrogens with one attached hydrogen (secondary N) is 1. The van der Waals surface area contributed by atoms with Gasteiger partial charge in [0.15, 0.2) is 0 Å². The molecule has 2 amide bonds. The summed E-state index contributed by atoms with van der Waals surface area (Å²) < 4.78 is 0. The van der Waals surface area contributed by atoms with Crippen molar-refractivity contribution in [3.63, 3.8) is 0 Å². The van der Waals surface area contributed by atoms with Crippen molar-refractivity contribution >= 4 is 23.4 Å². The van der Waals surface area contributed by atoms with E-state index in [2.05, 4.69) is 16.3 Å². The molecule has 0 aliphatic carbocycles. The van der Waals surface area contributed by atoms with Crippen LogP contribution in [-0.2, 0) is 24.3 Å². The second kappa shape index (κ2) is 11.3. The molecule has 1 atom stereocenters. The first-order chi connectivity index (χ1) is 17.6. The average molecular weight is 502 g/mol. The van der Waals surface area contributed by atoms with Gasteiger partial charge < -0.3 is 10.2 Å². The van der Waals surface area contributed by atoms with E-state index in [9.17, 15) is 9.59 Å². The van der Waals surface area contributed by atoms with Gasteiger partial charge in [0.1, 0.15) is 6.04 Å². The van der Waals surface area contributed by atoms with E-state index in [1.807, 2.05) is 72.8 Å². The van der Waals surface area contributed by atoms with Gasteiger partial charge in [0.2, 0.25) is 5.91 Å². The SMILES string of the molecule is O=C(NCC1CCN(Cc2cccc(Cl)c2)CC1)C(Cc1ccccc1)N1Cc2ccccc2C1=O. The minimum atomic E-state index is -0.532. The number of benzene rings is 3. The molecule has 5 rings (SSSR count). The second-order valence-electron chi connectivity index (χ2n) is 9.89. The molecule has 36 heavy (non-hydrogen) atoms. The van der Waals surface area contributed by atoms with Gasteiger partial charge in [-0.2, -0.15) is 0 Å². The Labute approximate surface area is 218 Å². The summed E-state index contributed by atoms with van der Waals surface area (Å²) >= 11 is 6.13. The molecule has 186 valence electrons. The molecule has 1 saturated heterocycles. The molecular formula is C30H32ClN3O2. The Kier molecular flexibility index (Phi) is 7.69. The van der Waals surface area contributed by atoms with Crippen molar-refractivity contribution in [2.75, 3.05) is 19.6 Å². The predicted molar refractivity (Wildman–Crippen MR) is 143 cm³/mol. The van der Waals surface area contributed by atoms with Crippen LogP contribution in [0.4, 0.5) is 0 Å². The Morgan fingerprint density at radius 2 is 1.67 bits per heavy atom. The van der Waals surface area contributed by atoms with Crippen LogP contribution in [0, 0.1) is 5.92 Å². The van der Waals surface area contributed by atoms with Gasteiger partial charge in [-0.1, -0.05) is 72.3 Å². The first-order valence-electron chi connectivity index (χ1n) is 12.7. The lowest BCUT2D eigenvalue weighted by Gasteiger charge is -2.33. The zero-order valence-electron chi connectivity index (χ0n) is 20.4. The Bertz CT molecular complexity index is 1210. The van der Waals surface area contributed by atoms with Gasteiger partial charge in [0.25, 0.3) is 5.91 Å². The highest BCUT2D eigenvalue weighted by Crippen LogP contribution is 2.26. The zero-order chi connectivity index (χ0) is 24.9. The summed E-state index contributed by atoms with van der Waals surface area (Å²) in [5.74, 6) is 0.311. The number of halogens is 1. The first kappa shape index (κ1) is 24.5. The molecule has 2 aliphatic heterocycles. The predicted octanol–water partition coefficient (Wildman–Crippen LogP) is 4.94. The van der Waals surface area contributed by atoms with Crippen molar-refractivity contribution in [1.82, 2.24) is 15.1 Å². The standard InChI is InChI=1S/C30H32ClN3O2/c31-26-11-6-9-24(17-26)20-33-15-13-23(14-16-33)19-32-29(35)28(18-22-7-2-1-3-8-22)34-21-25-10-4-5-12-27(25)30(34)36/h1-12,17,23,28H,13-16,18-21H2,(H,32,35). The molecule has 0 bridgehead atoms. The van der Waals surface area contributed by atoms with E-state index >= 15 is 0 Å². The highest BCUT2D eigenvalue weighted by atomic mass is 35.5. The van der Waals surface area contributed by atoms with Crippen molar-refractivity contribution < 1.29 is 9.59 Å². The second-order valence-corrected chi connectivity index (χ2v) is 10.3. The van der Waals surface area contributed by atoms with E-state index in [1.165, 1.54) is 5.56 Å². The van der Waals surface area contributed by atoms with Gasteiger partial charge in [-0.15, -0.1) is 0 Å². The van der Waals surface area contributed by atoms with E-state index in [1.54, 1.807) is 4.90 Å². The third kappa shape index (κ3) is 5.80. The third-order valence-electron chi connectivity index (χ3n) is 7.37. The normalized spacial score (nSPS) is 17.1. The summed E-state index contributed by atoms with van der Waals surface area (Å²) in [5.41, 5.74) is 3.97. The molecule has 3 aromatic rings. The fourth-order valence-electron chi connectivity index (χ4n) is 5.32. The Morgan fingerprint density at radius 3 is 2.42 bits per heavy atom. The zero-order valence-corrected chi connectivity index (χ0v) is 21.2. The molecule has 0 saturated carbocycles. The molecule has 0 aromatic heterocycles. The van der Waals surface area contributed by atoms with Crippen LogP contribution < -0.4 is 5.32 Å². The number of rotatable bonds is 8. The van der Waals surface area contributed by atoms with E-state index in [-0.39, 0.29) is 11.8 Å². The lowest BCUT2D eigenvalue weighted by Crippen LogP contribution is -2.49.